The second kappa shape index (κ2) is 8.14. The first-order valence-electron chi connectivity index (χ1n) is 8.84. The van der Waals surface area contributed by atoms with Gasteiger partial charge in [0.25, 0.3) is 15.9 Å². The summed E-state index contributed by atoms with van der Waals surface area (Å²) in [5.74, 6) is 1.07. The molecule has 4 rings (SSSR count). The molecule has 9 heteroatoms. The van der Waals surface area contributed by atoms with Crippen molar-refractivity contribution in [1.82, 2.24) is 5.32 Å². The van der Waals surface area contributed by atoms with Crippen molar-refractivity contribution in [2.75, 3.05) is 17.9 Å². The third kappa shape index (κ3) is 4.52. The summed E-state index contributed by atoms with van der Waals surface area (Å²) in [5, 5.41) is 4.50. The van der Waals surface area contributed by atoms with Gasteiger partial charge in [-0.15, -0.1) is 11.3 Å². The van der Waals surface area contributed by atoms with Crippen molar-refractivity contribution in [3.8, 4) is 11.5 Å². The number of ether oxygens (including phenoxy) is 2. The molecule has 1 unspecified atom stereocenters. The lowest BCUT2D eigenvalue weighted by Crippen LogP contribution is -2.40. The quantitative estimate of drug-likeness (QED) is 0.627. The number of nitrogens with one attached hydrogen (secondary N) is 2. The van der Waals surface area contributed by atoms with Gasteiger partial charge in [0.15, 0.2) is 11.5 Å². The highest BCUT2D eigenvalue weighted by atomic mass is 32.2. The molecule has 1 amide bonds. The number of carbonyl (C=O) groups excluding carboxylic acids is 1. The van der Waals surface area contributed by atoms with Crippen LogP contribution in [0.25, 0.3) is 0 Å². The second-order valence-electron chi connectivity index (χ2n) is 6.32. The lowest BCUT2D eigenvalue weighted by Gasteiger charge is -2.26. The minimum Gasteiger partial charge on any atom is -0.486 e. The Morgan fingerprint density at radius 2 is 1.79 bits per heavy atom. The molecule has 0 saturated heterocycles. The van der Waals surface area contributed by atoms with E-state index in [4.69, 9.17) is 9.47 Å². The molecule has 1 aromatic heterocycles. The van der Waals surface area contributed by atoms with Crippen molar-refractivity contribution in [3.63, 3.8) is 0 Å². The van der Waals surface area contributed by atoms with Crippen LogP contribution in [0.3, 0.4) is 0 Å². The Bertz CT molecular complexity index is 1100. The maximum atomic E-state index is 12.4. The zero-order valence-corrected chi connectivity index (χ0v) is 16.8. The van der Waals surface area contributed by atoms with Crippen molar-refractivity contribution in [2.45, 2.75) is 10.3 Å². The van der Waals surface area contributed by atoms with E-state index in [1.54, 1.807) is 35.7 Å². The molecule has 0 spiro atoms. The fourth-order valence-corrected chi connectivity index (χ4v) is 4.84. The number of rotatable bonds is 6. The Morgan fingerprint density at radius 3 is 2.52 bits per heavy atom. The van der Waals surface area contributed by atoms with E-state index in [2.05, 4.69) is 10.0 Å². The molecular weight excluding hydrogens is 412 g/mol. The first-order chi connectivity index (χ1) is 14.0. The molecule has 2 N–H and O–H groups in total. The number of benzene rings is 2. The average Bonchev–Trinajstić information content (AvgIpc) is 3.28. The SMILES string of the molecule is O=C(NCC1COc2ccccc2O1)c1ccc(NS(=O)(=O)c2cccs2)cc1. The Hall–Kier alpha value is -3.04. The summed E-state index contributed by atoms with van der Waals surface area (Å²) in [5.41, 5.74) is 0.803. The standard InChI is InChI=1S/C20H18N2O5S2/c23-20(21-12-16-13-26-17-4-1-2-5-18(17)27-16)14-7-9-15(10-8-14)22-29(24,25)19-6-3-11-28-19/h1-11,16,22H,12-13H2,(H,21,23). The number of anilines is 1. The lowest BCUT2D eigenvalue weighted by molar-refractivity contribution is 0.0789. The average molecular weight is 431 g/mol. The van der Waals surface area contributed by atoms with Gasteiger partial charge in [-0.2, -0.15) is 0 Å². The van der Waals surface area contributed by atoms with E-state index < -0.39 is 10.0 Å². The summed E-state index contributed by atoms with van der Waals surface area (Å²) in [7, 11) is -3.61. The van der Waals surface area contributed by atoms with Crippen molar-refractivity contribution < 1.29 is 22.7 Å². The molecular formula is C20H18N2O5S2. The second-order valence-corrected chi connectivity index (χ2v) is 9.18. The molecule has 150 valence electrons. The highest BCUT2D eigenvalue weighted by Crippen LogP contribution is 2.30. The number of carbonyl (C=O) groups is 1. The van der Waals surface area contributed by atoms with Gasteiger partial charge in [-0.25, -0.2) is 8.42 Å². The summed E-state index contributed by atoms with van der Waals surface area (Å²) in [6.07, 6.45) is -0.286. The number of hydrogen-bond acceptors (Lipinski definition) is 6. The summed E-state index contributed by atoms with van der Waals surface area (Å²) in [4.78, 5) is 12.4. The van der Waals surface area contributed by atoms with Crippen molar-refractivity contribution in [3.05, 3.63) is 71.6 Å². The van der Waals surface area contributed by atoms with Crippen molar-refractivity contribution >= 4 is 33.0 Å². The van der Waals surface area contributed by atoms with Crippen LogP contribution in [0, 0.1) is 0 Å². The molecule has 7 nitrogen and oxygen atoms in total. The predicted molar refractivity (Wildman–Crippen MR) is 110 cm³/mol. The summed E-state index contributed by atoms with van der Waals surface area (Å²) in [6.45, 7) is 0.640. The first-order valence-corrected chi connectivity index (χ1v) is 11.2. The molecule has 29 heavy (non-hydrogen) atoms. The monoisotopic (exact) mass is 430 g/mol. The molecule has 2 heterocycles. The first kappa shape index (κ1) is 19.3. The Kier molecular flexibility index (Phi) is 5.41. The van der Waals surface area contributed by atoms with E-state index in [1.165, 1.54) is 6.07 Å². The van der Waals surface area contributed by atoms with Crippen LogP contribution in [0.1, 0.15) is 10.4 Å². The van der Waals surface area contributed by atoms with E-state index in [-0.39, 0.29) is 16.2 Å². The van der Waals surface area contributed by atoms with Gasteiger partial charge >= 0.3 is 0 Å². The van der Waals surface area contributed by atoms with Crippen molar-refractivity contribution in [1.29, 1.82) is 0 Å². The lowest BCUT2D eigenvalue weighted by atomic mass is 10.2. The van der Waals surface area contributed by atoms with E-state index in [1.807, 2.05) is 24.3 Å². The van der Waals surface area contributed by atoms with Gasteiger partial charge in [-0.05, 0) is 47.8 Å². The molecule has 1 aliphatic rings. The smallest absolute Gasteiger partial charge is 0.271 e. The summed E-state index contributed by atoms with van der Waals surface area (Å²) < 4.78 is 38.6. The Balaban J connectivity index is 1.33. The minimum atomic E-state index is -3.61. The van der Waals surface area contributed by atoms with E-state index in [0.29, 0.717) is 35.9 Å². The number of hydrogen-bond donors (Lipinski definition) is 2. The van der Waals surface area contributed by atoms with Crippen LogP contribution < -0.4 is 19.5 Å². The fourth-order valence-electron chi connectivity index (χ4n) is 2.78. The van der Waals surface area contributed by atoms with Crippen LogP contribution >= 0.6 is 11.3 Å². The zero-order valence-electron chi connectivity index (χ0n) is 15.2. The summed E-state index contributed by atoms with van der Waals surface area (Å²) in [6, 6.07) is 16.8. The molecule has 0 radical (unpaired) electrons. The number of thiophene rings is 1. The predicted octanol–water partition coefficient (Wildman–Crippen LogP) is 3.12. The van der Waals surface area contributed by atoms with E-state index >= 15 is 0 Å². The zero-order chi connectivity index (χ0) is 20.3. The van der Waals surface area contributed by atoms with Crippen LogP contribution in [0.15, 0.2) is 70.3 Å². The molecule has 3 aromatic rings. The van der Waals surface area contributed by atoms with Crippen LogP contribution in [0.5, 0.6) is 11.5 Å². The minimum absolute atomic E-state index is 0.232. The third-order valence-corrected chi connectivity index (χ3v) is 7.00. The third-order valence-electron chi connectivity index (χ3n) is 4.22. The van der Waals surface area contributed by atoms with Gasteiger partial charge in [0.2, 0.25) is 0 Å². The summed E-state index contributed by atoms with van der Waals surface area (Å²) >= 11 is 1.14. The number of amides is 1. The van der Waals surface area contributed by atoms with Gasteiger partial charge in [0.1, 0.15) is 16.9 Å². The Morgan fingerprint density at radius 1 is 1.03 bits per heavy atom. The highest BCUT2D eigenvalue weighted by Gasteiger charge is 2.21. The van der Waals surface area contributed by atoms with Gasteiger partial charge < -0.3 is 14.8 Å². The maximum Gasteiger partial charge on any atom is 0.271 e. The molecule has 0 bridgehead atoms. The molecule has 1 atom stereocenters. The van der Waals surface area contributed by atoms with Crippen molar-refractivity contribution in [2.24, 2.45) is 0 Å². The number of sulfonamides is 1. The van der Waals surface area contributed by atoms with Crippen LogP contribution in [-0.2, 0) is 10.0 Å². The molecule has 1 aliphatic heterocycles. The largest absolute Gasteiger partial charge is 0.486 e. The van der Waals surface area contributed by atoms with Gasteiger partial charge in [-0.3, -0.25) is 9.52 Å². The van der Waals surface area contributed by atoms with Gasteiger partial charge in [0.05, 0.1) is 6.54 Å². The topological polar surface area (TPSA) is 93.7 Å². The van der Waals surface area contributed by atoms with Crippen LogP contribution in [-0.4, -0.2) is 33.6 Å². The molecule has 0 aliphatic carbocycles. The molecule has 0 saturated carbocycles. The Labute approximate surface area is 172 Å². The normalized spacial score (nSPS) is 15.5. The van der Waals surface area contributed by atoms with Gasteiger partial charge in [0, 0.05) is 11.3 Å². The molecule has 2 aromatic carbocycles. The van der Waals surface area contributed by atoms with E-state index in [9.17, 15) is 13.2 Å². The number of para-hydroxylation sites is 2. The van der Waals surface area contributed by atoms with Gasteiger partial charge in [-0.1, -0.05) is 18.2 Å². The van der Waals surface area contributed by atoms with Crippen LogP contribution in [0.4, 0.5) is 5.69 Å². The molecule has 0 fully saturated rings. The van der Waals surface area contributed by atoms with E-state index in [0.717, 1.165) is 11.3 Å². The number of fused-ring (bicyclic) bond motifs is 1. The maximum absolute atomic E-state index is 12.4. The fraction of sp³-hybridized carbons (Fsp3) is 0.150. The van der Waals surface area contributed by atoms with Crippen LogP contribution in [0.2, 0.25) is 0 Å². The highest BCUT2D eigenvalue weighted by molar-refractivity contribution is 7.94.